The highest BCUT2D eigenvalue weighted by Gasteiger charge is 2.10. The Morgan fingerprint density at radius 2 is 2.18 bits per heavy atom. The molecule has 0 aliphatic rings. The zero-order chi connectivity index (χ0) is 12.4. The first kappa shape index (κ1) is 11.7. The van der Waals surface area contributed by atoms with Crippen LogP contribution in [0.3, 0.4) is 0 Å². The van der Waals surface area contributed by atoms with E-state index in [-0.39, 0.29) is 12.2 Å². The zero-order valence-corrected chi connectivity index (χ0v) is 9.91. The first-order valence-corrected chi connectivity index (χ1v) is 5.48. The van der Waals surface area contributed by atoms with Crippen LogP contribution in [0.25, 0.3) is 10.9 Å². The molecule has 0 saturated heterocycles. The summed E-state index contributed by atoms with van der Waals surface area (Å²) in [6.45, 7) is 1.86. The largest absolute Gasteiger partial charge is 0.495 e. The normalized spacial score (nSPS) is 10.8. The molecule has 0 unspecified atom stereocenters. The van der Waals surface area contributed by atoms with Crippen LogP contribution in [0.4, 0.5) is 0 Å². The quantitative estimate of drug-likeness (QED) is 0.841. The molecule has 1 aromatic heterocycles. The van der Waals surface area contributed by atoms with Crippen molar-refractivity contribution in [3.63, 3.8) is 0 Å². The van der Waals surface area contributed by atoms with Crippen molar-refractivity contribution in [3.8, 4) is 5.75 Å². The lowest BCUT2D eigenvalue weighted by atomic mass is 10.0. The number of hydrogen-bond acceptors (Lipinski definition) is 3. The first-order valence-electron chi connectivity index (χ1n) is 5.48. The van der Waals surface area contributed by atoms with Crippen LogP contribution in [-0.2, 0) is 6.42 Å². The topological polar surface area (TPSA) is 62.3 Å². The Labute approximate surface area is 98.9 Å². The highest BCUT2D eigenvalue weighted by Crippen LogP contribution is 2.25. The number of aromatic nitrogens is 1. The minimum absolute atomic E-state index is 0.0284. The second-order valence-corrected chi connectivity index (χ2v) is 3.91. The van der Waals surface area contributed by atoms with Crippen molar-refractivity contribution in [2.45, 2.75) is 13.3 Å². The third kappa shape index (κ3) is 1.91. The number of H-pyrrole nitrogens is 1. The van der Waals surface area contributed by atoms with E-state index in [0.717, 1.165) is 10.9 Å². The maximum atomic E-state index is 11.9. The number of nitrogens with one attached hydrogen (secondary N) is 1. The summed E-state index contributed by atoms with van der Waals surface area (Å²) in [5.41, 5.74) is 2.08. The summed E-state index contributed by atoms with van der Waals surface area (Å²) in [5, 5.41) is 9.92. The number of aliphatic hydroxyl groups excluding tert-OH is 1. The molecule has 0 fully saturated rings. The molecule has 0 spiro atoms. The van der Waals surface area contributed by atoms with Crippen molar-refractivity contribution in [1.82, 2.24) is 4.98 Å². The van der Waals surface area contributed by atoms with Gasteiger partial charge in [-0.2, -0.15) is 0 Å². The number of para-hydroxylation sites is 1. The number of pyridine rings is 1. The molecule has 1 aromatic carbocycles. The molecule has 1 heterocycles. The van der Waals surface area contributed by atoms with Crippen molar-refractivity contribution >= 4 is 10.9 Å². The van der Waals surface area contributed by atoms with Gasteiger partial charge in [-0.3, -0.25) is 4.79 Å². The van der Waals surface area contributed by atoms with E-state index in [2.05, 4.69) is 4.98 Å². The summed E-state index contributed by atoms with van der Waals surface area (Å²) in [6.07, 6.45) is 0.369. The van der Waals surface area contributed by atoms with Crippen LogP contribution in [0.2, 0.25) is 0 Å². The molecule has 4 nitrogen and oxygen atoms in total. The summed E-state index contributed by atoms with van der Waals surface area (Å²) in [4.78, 5) is 14.7. The Balaban J connectivity index is 2.81. The Bertz CT molecular complexity index is 601. The van der Waals surface area contributed by atoms with E-state index in [1.165, 1.54) is 0 Å². The van der Waals surface area contributed by atoms with Gasteiger partial charge in [-0.15, -0.1) is 0 Å². The number of aliphatic hydroxyl groups is 1. The number of hydrogen-bond donors (Lipinski definition) is 2. The molecule has 2 aromatic rings. The van der Waals surface area contributed by atoms with Crippen molar-refractivity contribution in [2.24, 2.45) is 0 Å². The summed E-state index contributed by atoms with van der Waals surface area (Å²) in [6, 6.07) is 5.63. The molecule has 0 aliphatic heterocycles. The van der Waals surface area contributed by atoms with Gasteiger partial charge in [-0.1, -0.05) is 12.1 Å². The van der Waals surface area contributed by atoms with Crippen LogP contribution in [0.1, 0.15) is 11.1 Å². The van der Waals surface area contributed by atoms with Crippen molar-refractivity contribution in [1.29, 1.82) is 0 Å². The molecule has 0 radical (unpaired) electrons. The Morgan fingerprint density at radius 3 is 2.82 bits per heavy atom. The maximum Gasteiger partial charge on any atom is 0.252 e. The van der Waals surface area contributed by atoms with Gasteiger partial charge in [0, 0.05) is 24.0 Å². The van der Waals surface area contributed by atoms with Gasteiger partial charge < -0.3 is 14.8 Å². The fraction of sp³-hybridized carbons (Fsp3) is 0.308. The van der Waals surface area contributed by atoms with Crippen LogP contribution in [0, 0.1) is 6.92 Å². The number of aryl methyl sites for hydroxylation is 1. The first-order chi connectivity index (χ1) is 8.19. The fourth-order valence-corrected chi connectivity index (χ4v) is 2.08. The third-order valence-electron chi connectivity index (χ3n) is 2.98. The van der Waals surface area contributed by atoms with E-state index in [1.807, 2.05) is 25.1 Å². The highest BCUT2D eigenvalue weighted by molar-refractivity contribution is 5.87. The fourth-order valence-electron chi connectivity index (χ4n) is 2.08. The molecule has 90 valence electrons. The van der Waals surface area contributed by atoms with Crippen molar-refractivity contribution in [2.75, 3.05) is 13.7 Å². The summed E-state index contributed by atoms with van der Waals surface area (Å²) >= 11 is 0. The van der Waals surface area contributed by atoms with Gasteiger partial charge in [-0.05, 0) is 18.6 Å². The SMILES string of the molecule is COc1cccc2c(C)c(CCO)c(=O)[nH]c12. The number of methoxy groups -OCH3 is 1. The molecule has 0 saturated carbocycles. The van der Waals surface area contributed by atoms with Gasteiger partial charge >= 0.3 is 0 Å². The number of aromatic amines is 1. The smallest absolute Gasteiger partial charge is 0.252 e. The molecular formula is C13H15NO3. The lowest BCUT2D eigenvalue weighted by Crippen LogP contribution is -2.16. The van der Waals surface area contributed by atoms with E-state index < -0.39 is 0 Å². The maximum absolute atomic E-state index is 11.9. The number of ether oxygens (including phenoxy) is 1. The highest BCUT2D eigenvalue weighted by atomic mass is 16.5. The van der Waals surface area contributed by atoms with E-state index in [4.69, 9.17) is 9.84 Å². The second-order valence-electron chi connectivity index (χ2n) is 3.91. The lowest BCUT2D eigenvalue weighted by molar-refractivity contribution is 0.299. The molecule has 2 rings (SSSR count). The molecule has 17 heavy (non-hydrogen) atoms. The van der Waals surface area contributed by atoms with E-state index in [9.17, 15) is 4.79 Å². The Hall–Kier alpha value is -1.81. The molecule has 2 N–H and O–H groups in total. The average Bonchev–Trinajstić information content (AvgIpc) is 2.34. The predicted molar refractivity (Wildman–Crippen MR) is 66.6 cm³/mol. The standard InChI is InChI=1S/C13H15NO3/c1-8-9-4-3-5-11(17-2)12(9)14-13(16)10(8)6-7-15/h3-5,15H,6-7H2,1-2H3,(H,14,16). The lowest BCUT2D eigenvalue weighted by Gasteiger charge is -2.10. The average molecular weight is 233 g/mol. The van der Waals surface area contributed by atoms with Gasteiger partial charge in [0.05, 0.1) is 12.6 Å². The molecule has 0 bridgehead atoms. The molecule has 4 heteroatoms. The minimum atomic E-state index is -0.159. The molecule has 0 amide bonds. The Kier molecular flexibility index (Phi) is 3.15. The Morgan fingerprint density at radius 1 is 1.41 bits per heavy atom. The van der Waals surface area contributed by atoms with Crippen LogP contribution in [0.15, 0.2) is 23.0 Å². The molecular weight excluding hydrogens is 218 g/mol. The minimum Gasteiger partial charge on any atom is -0.495 e. The summed E-state index contributed by atoms with van der Waals surface area (Å²) < 4.78 is 5.22. The van der Waals surface area contributed by atoms with Crippen LogP contribution < -0.4 is 10.3 Å². The second kappa shape index (κ2) is 4.59. The van der Waals surface area contributed by atoms with E-state index in [1.54, 1.807) is 7.11 Å². The van der Waals surface area contributed by atoms with Gasteiger partial charge in [0.25, 0.3) is 5.56 Å². The zero-order valence-electron chi connectivity index (χ0n) is 9.91. The number of benzene rings is 1. The summed E-state index contributed by atoms with van der Waals surface area (Å²) in [5.74, 6) is 0.651. The number of rotatable bonds is 3. The van der Waals surface area contributed by atoms with Crippen LogP contribution >= 0.6 is 0 Å². The van der Waals surface area contributed by atoms with Gasteiger partial charge in [0.1, 0.15) is 5.75 Å². The van der Waals surface area contributed by atoms with Gasteiger partial charge in [0.2, 0.25) is 0 Å². The van der Waals surface area contributed by atoms with Crippen LogP contribution in [-0.4, -0.2) is 23.8 Å². The molecule has 0 atom stereocenters. The van der Waals surface area contributed by atoms with E-state index in [0.29, 0.717) is 23.3 Å². The van der Waals surface area contributed by atoms with Crippen LogP contribution in [0.5, 0.6) is 5.75 Å². The number of fused-ring (bicyclic) bond motifs is 1. The molecule has 0 aliphatic carbocycles. The van der Waals surface area contributed by atoms with Crippen molar-refractivity contribution in [3.05, 3.63) is 39.7 Å². The van der Waals surface area contributed by atoms with E-state index >= 15 is 0 Å². The van der Waals surface area contributed by atoms with Crippen molar-refractivity contribution < 1.29 is 9.84 Å². The predicted octanol–water partition coefficient (Wildman–Crippen LogP) is 1.38. The van der Waals surface area contributed by atoms with Gasteiger partial charge in [0.15, 0.2) is 0 Å². The monoisotopic (exact) mass is 233 g/mol. The third-order valence-corrected chi connectivity index (χ3v) is 2.98. The van der Waals surface area contributed by atoms with Gasteiger partial charge in [-0.25, -0.2) is 0 Å². The summed E-state index contributed by atoms with van der Waals surface area (Å²) in [7, 11) is 1.57.